The maximum atomic E-state index is 12.8. The van der Waals surface area contributed by atoms with E-state index in [0.29, 0.717) is 25.9 Å². The van der Waals surface area contributed by atoms with Gasteiger partial charge in [-0.15, -0.1) is 0 Å². The Morgan fingerprint density at radius 2 is 1.63 bits per heavy atom. The Morgan fingerprint density at radius 3 is 2.31 bits per heavy atom. The summed E-state index contributed by atoms with van der Waals surface area (Å²) in [5.41, 5.74) is 4.59. The molecule has 1 heterocycles. The lowest BCUT2D eigenvalue weighted by molar-refractivity contribution is -0.143. The van der Waals surface area contributed by atoms with E-state index in [4.69, 9.17) is 9.47 Å². The Hall–Kier alpha value is -3.39. The molecule has 0 radical (unpaired) electrons. The highest BCUT2D eigenvalue weighted by Gasteiger charge is 2.38. The molecule has 1 saturated heterocycles. The lowest BCUT2D eigenvalue weighted by Gasteiger charge is -2.29. The molecule has 2 fully saturated rings. The van der Waals surface area contributed by atoms with E-state index >= 15 is 0 Å². The average molecular weight is 479 g/mol. The van der Waals surface area contributed by atoms with Crippen LogP contribution in [0.3, 0.4) is 0 Å². The van der Waals surface area contributed by atoms with E-state index in [0.717, 1.165) is 35.1 Å². The molecule has 35 heavy (non-hydrogen) atoms. The molecule has 3 N–H and O–H groups in total. The number of carboxylic acids is 1. The predicted octanol–water partition coefficient (Wildman–Crippen LogP) is 3.44. The van der Waals surface area contributed by atoms with Gasteiger partial charge in [0.2, 0.25) is 0 Å². The molecule has 1 saturated carbocycles. The molecule has 8 heteroatoms. The number of carboxylic acid groups (broad SMARTS) is 1. The molecule has 4 unspecified atom stereocenters. The van der Waals surface area contributed by atoms with Gasteiger partial charge in [-0.25, -0.2) is 4.79 Å². The summed E-state index contributed by atoms with van der Waals surface area (Å²) in [6.45, 7) is 0.553. The van der Waals surface area contributed by atoms with Gasteiger partial charge in [-0.1, -0.05) is 55.0 Å². The third kappa shape index (κ3) is 4.89. The molecule has 1 aliphatic heterocycles. The molecule has 3 aliphatic rings. The topological polar surface area (TPSA) is 114 Å². The van der Waals surface area contributed by atoms with Crippen LogP contribution in [0.15, 0.2) is 48.5 Å². The van der Waals surface area contributed by atoms with Crippen molar-refractivity contribution in [2.45, 2.75) is 56.2 Å². The quantitative estimate of drug-likeness (QED) is 0.586. The number of hydrogen-bond donors (Lipinski definition) is 3. The van der Waals surface area contributed by atoms with Gasteiger partial charge in [0.1, 0.15) is 6.61 Å². The molecule has 0 bridgehead atoms. The summed E-state index contributed by atoms with van der Waals surface area (Å²) in [5.74, 6) is -1.62. The Balaban J connectivity index is 1.17. The van der Waals surface area contributed by atoms with Crippen LogP contribution in [0.2, 0.25) is 0 Å². The van der Waals surface area contributed by atoms with Crippen LogP contribution in [-0.4, -0.2) is 54.5 Å². The maximum absolute atomic E-state index is 12.8. The number of ether oxygens (including phenoxy) is 2. The molecule has 0 aromatic heterocycles. The largest absolute Gasteiger partial charge is 0.481 e. The van der Waals surface area contributed by atoms with Crippen LogP contribution in [-0.2, 0) is 19.1 Å². The normalized spacial score (nSPS) is 25.4. The highest BCUT2D eigenvalue weighted by atomic mass is 16.6. The number of hydrogen-bond acceptors (Lipinski definition) is 5. The van der Waals surface area contributed by atoms with E-state index in [9.17, 15) is 19.5 Å². The predicted molar refractivity (Wildman–Crippen MR) is 128 cm³/mol. The van der Waals surface area contributed by atoms with Crippen LogP contribution in [0.25, 0.3) is 11.1 Å². The minimum absolute atomic E-state index is 0.0412. The average Bonchev–Trinajstić information content (AvgIpc) is 3.45. The first-order valence-electron chi connectivity index (χ1n) is 12.3. The maximum Gasteiger partial charge on any atom is 0.407 e. The molecular weight excluding hydrogens is 448 g/mol. The molecule has 2 aromatic rings. The first-order chi connectivity index (χ1) is 17.0. The highest BCUT2D eigenvalue weighted by molar-refractivity contribution is 5.83. The monoisotopic (exact) mass is 478 g/mol. The molecule has 2 aliphatic carbocycles. The van der Waals surface area contributed by atoms with Crippen LogP contribution in [0.4, 0.5) is 4.79 Å². The summed E-state index contributed by atoms with van der Waals surface area (Å²) in [6, 6.07) is 15.6. The molecule has 2 aromatic carbocycles. The number of benzene rings is 2. The van der Waals surface area contributed by atoms with Crippen molar-refractivity contribution in [2.24, 2.45) is 5.92 Å². The summed E-state index contributed by atoms with van der Waals surface area (Å²) >= 11 is 0. The number of carbonyl (C=O) groups is 3. The smallest absolute Gasteiger partial charge is 0.407 e. The van der Waals surface area contributed by atoms with E-state index < -0.39 is 30.1 Å². The van der Waals surface area contributed by atoms with Crippen LogP contribution in [0.1, 0.15) is 49.1 Å². The van der Waals surface area contributed by atoms with Crippen molar-refractivity contribution < 1.29 is 29.0 Å². The third-order valence-corrected chi connectivity index (χ3v) is 7.37. The minimum atomic E-state index is -0.823. The van der Waals surface area contributed by atoms with Gasteiger partial charge in [0.05, 0.1) is 12.0 Å². The zero-order valence-corrected chi connectivity index (χ0v) is 19.4. The Morgan fingerprint density at radius 1 is 0.943 bits per heavy atom. The number of alkyl carbamates (subject to hydrolysis) is 1. The second-order valence-corrected chi connectivity index (χ2v) is 9.56. The van der Waals surface area contributed by atoms with Gasteiger partial charge in [0.15, 0.2) is 6.10 Å². The zero-order chi connectivity index (χ0) is 24.4. The molecular formula is C27H30N2O6. The van der Waals surface area contributed by atoms with Crippen molar-refractivity contribution >= 4 is 18.0 Å². The number of carbonyl (C=O) groups excluding carboxylic acids is 2. The Bertz CT molecular complexity index is 1070. The zero-order valence-electron chi connectivity index (χ0n) is 19.4. The van der Waals surface area contributed by atoms with E-state index in [-0.39, 0.29) is 24.5 Å². The van der Waals surface area contributed by atoms with Gasteiger partial charge in [-0.3, -0.25) is 9.59 Å². The van der Waals surface area contributed by atoms with Crippen LogP contribution < -0.4 is 10.6 Å². The first-order valence-corrected chi connectivity index (χ1v) is 12.3. The SMILES string of the molecule is O=C(NC1CCOC1C(=O)NC1CCCC(C(=O)O)C1)OCC1c2ccccc2-c2ccccc21. The van der Waals surface area contributed by atoms with E-state index in [2.05, 4.69) is 34.9 Å². The lowest BCUT2D eigenvalue weighted by atomic mass is 9.85. The van der Waals surface area contributed by atoms with Crippen LogP contribution >= 0.6 is 0 Å². The van der Waals surface area contributed by atoms with Gasteiger partial charge < -0.3 is 25.2 Å². The van der Waals surface area contributed by atoms with Crippen molar-refractivity contribution in [2.75, 3.05) is 13.2 Å². The third-order valence-electron chi connectivity index (χ3n) is 7.37. The van der Waals surface area contributed by atoms with Crippen molar-refractivity contribution in [1.82, 2.24) is 10.6 Å². The number of fused-ring (bicyclic) bond motifs is 3. The van der Waals surface area contributed by atoms with E-state index in [1.165, 1.54) is 0 Å². The minimum Gasteiger partial charge on any atom is -0.481 e. The van der Waals surface area contributed by atoms with Gasteiger partial charge >= 0.3 is 12.1 Å². The van der Waals surface area contributed by atoms with Gasteiger partial charge in [0, 0.05) is 18.6 Å². The molecule has 8 nitrogen and oxygen atoms in total. The molecule has 2 amide bonds. The Labute approximate surface area is 204 Å². The van der Waals surface area contributed by atoms with Gasteiger partial charge in [-0.2, -0.15) is 0 Å². The fraction of sp³-hybridized carbons (Fsp3) is 0.444. The number of rotatable bonds is 6. The number of aliphatic carboxylic acids is 1. The van der Waals surface area contributed by atoms with Crippen LogP contribution in [0.5, 0.6) is 0 Å². The fourth-order valence-corrected chi connectivity index (χ4v) is 5.62. The molecule has 184 valence electrons. The van der Waals surface area contributed by atoms with Crippen molar-refractivity contribution in [3.8, 4) is 11.1 Å². The first kappa shape index (κ1) is 23.4. The summed E-state index contributed by atoms with van der Waals surface area (Å²) < 4.78 is 11.2. The summed E-state index contributed by atoms with van der Waals surface area (Å²) in [7, 11) is 0. The second-order valence-electron chi connectivity index (χ2n) is 9.56. The van der Waals surface area contributed by atoms with Crippen molar-refractivity contribution in [1.29, 1.82) is 0 Å². The van der Waals surface area contributed by atoms with Crippen LogP contribution in [0, 0.1) is 5.92 Å². The number of nitrogens with one attached hydrogen (secondary N) is 2. The fourth-order valence-electron chi connectivity index (χ4n) is 5.62. The molecule has 4 atom stereocenters. The van der Waals surface area contributed by atoms with Crippen molar-refractivity contribution in [3.63, 3.8) is 0 Å². The molecule has 0 spiro atoms. The second kappa shape index (κ2) is 10.1. The molecule has 5 rings (SSSR count). The van der Waals surface area contributed by atoms with E-state index in [1.54, 1.807) is 0 Å². The Kier molecular flexibility index (Phi) is 6.72. The van der Waals surface area contributed by atoms with Gasteiger partial charge in [-0.05, 0) is 47.9 Å². The summed E-state index contributed by atoms with van der Waals surface area (Å²) in [4.78, 5) is 36.8. The summed E-state index contributed by atoms with van der Waals surface area (Å²) in [6.07, 6.45) is 1.66. The number of amides is 2. The van der Waals surface area contributed by atoms with E-state index in [1.807, 2.05) is 24.3 Å². The highest BCUT2D eigenvalue weighted by Crippen LogP contribution is 2.44. The van der Waals surface area contributed by atoms with Gasteiger partial charge in [0.25, 0.3) is 5.91 Å². The summed E-state index contributed by atoms with van der Waals surface area (Å²) in [5, 5.41) is 15.0. The van der Waals surface area contributed by atoms with Crippen molar-refractivity contribution in [3.05, 3.63) is 59.7 Å². The standard InChI is InChI=1S/C27H30N2O6/c30-25(28-17-7-5-6-16(14-17)26(31)32)24-23(12-13-34-24)29-27(33)35-15-22-20-10-3-1-8-18(20)19-9-2-4-11-21(19)22/h1-4,8-11,16-17,22-24H,5-7,12-15H2,(H,28,30)(H,29,33)(H,31,32). The lowest BCUT2D eigenvalue weighted by Crippen LogP contribution is -2.51.